The summed E-state index contributed by atoms with van der Waals surface area (Å²) < 4.78 is 27.4. The zero-order chi connectivity index (χ0) is 14.2. The van der Waals surface area contributed by atoms with Crippen molar-refractivity contribution in [1.29, 1.82) is 0 Å². The lowest BCUT2D eigenvalue weighted by Gasteiger charge is -2.26. The van der Waals surface area contributed by atoms with E-state index in [0.29, 0.717) is 32.6 Å². The van der Waals surface area contributed by atoms with Gasteiger partial charge in [0.15, 0.2) is 0 Å². The summed E-state index contributed by atoms with van der Waals surface area (Å²) >= 11 is 0. The molecule has 0 aliphatic rings. The van der Waals surface area contributed by atoms with Gasteiger partial charge in [0.1, 0.15) is 0 Å². The quantitative estimate of drug-likeness (QED) is 0.601. The van der Waals surface area contributed by atoms with Crippen molar-refractivity contribution in [2.75, 3.05) is 53.9 Å². The Morgan fingerprint density at radius 1 is 1.00 bits per heavy atom. The van der Waals surface area contributed by atoms with E-state index in [2.05, 4.69) is 4.90 Å². The lowest BCUT2D eigenvalue weighted by molar-refractivity contribution is 0.334. The highest BCUT2D eigenvalue weighted by molar-refractivity contribution is 7.86. The predicted molar refractivity (Wildman–Crippen MR) is 75.6 cm³/mol. The molecule has 0 saturated heterocycles. The zero-order valence-electron chi connectivity index (χ0n) is 12.1. The summed E-state index contributed by atoms with van der Waals surface area (Å²) in [5, 5.41) is 0. The first-order valence-electron chi connectivity index (χ1n) is 6.42. The molecule has 0 rings (SSSR count). The van der Waals surface area contributed by atoms with E-state index in [4.69, 9.17) is 5.73 Å². The third kappa shape index (κ3) is 6.10. The van der Waals surface area contributed by atoms with E-state index in [1.165, 1.54) is 8.61 Å². The van der Waals surface area contributed by atoms with Crippen molar-refractivity contribution >= 4 is 10.2 Å². The van der Waals surface area contributed by atoms with Gasteiger partial charge in [0, 0.05) is 26.7 Å². The summed E-state index contributed by atoms with van der Waals surface area (Å²) in [7, 11) is 2.25. The monoisotopic (exact) mass is 280 g/mol. The highest BCUT2D eigenvalue weighted by Gasteiger charge is 2.24. The van der Waals surface area contributed by atoms with Crippen molar-refractivity contribution < 1.29 is 8.42 Å². The van der Waals surface area contributed by atoms with Crippen LogP contribution in [0.3, 0.4) is 0 Å². The fourth-order valence-electron chi connectivity index (χ4n) is 1.63. The molecule has 0 aromatic heterocycles. The summed E-state index contributed by atoms with van der Waals surface area (Å²) in [5.74, 6) is 0. The largest absolute Gasteiger partial charge is 0.330 e. The second kappa shape index (κ2) is 8.82. The molecule has 0 aromatic rings. The number of nitrogens with two attached hydrogens (primary N) is 1. The zero-order valence-corrected chi connectivity index (χ0v) is 12.9. The molecule has 0 unspecified atom stereocenters. The Kier molecular flexibility index (Phi) is 8.71. The molecule has 7 heteroatoms. The summed E-state index contributed by atoms with van der Waals surface area (Å²) in [4.78, 5) is 2.05. The molecular weight excluding hydrogens is 252 g/mol. The van der Waals surface area contributed by atoms with Crippen molar-refractivity contribution in [2.24, 2.45) is 5.73 Å². The van der Waals surface area contributed by atoms with Crippen molar-refractivity contribution in [2.45, 2.75) is 19.8 Å². The van der Waals surface area contributed by atoms with E-state index in [0.717, 1.165) is 13.0 Å². The summed E-state index contributed by atoms with van der Waals surface area (Å²) in [6, 6.07) is 0. The molecule has 18 heavy (non-hydrogen) atoms. The fourth-order valence-corrected chi connectivity index (χ4v) is 3.07. The highest BCUT2D eigenvalue weighted by atomic mass is 32.2. The van der Waals surface area contributed by atoms with Crippen molar-refractivity contribution in [3.63, 3.8) is 0 Å². The SMILES string of the molecule is CCN(CCCN(C)C)S(=O)(=O)N(C)CCCN. The van der Waals surface area contributed by atoms with Crippen LogP contribution in [0.25, 0.3) is 0 Å². The first-order chi connectivity index (χ1) is 8.36. The van der Waals surface area contributed by atoms with Gasteiger partial charge in [0.2, 0.25) is 0 Å². The fraction of sp³-hybridized carbons (Fsp3) is 1.00. The minimum atomic E-state index is -3.33. The normalized spacial score (nSPS) is 12.9. The Balaban J connectivity index is 4.41. The van der Waals surface area contributed by atoms with Crippen LogP contribution in [-0.2, 0) is 10.2 Å². The summed E-state index contributed by atoms with van der Waals surface area (Å²) in [6.07, 6.45) is 1.52. The van der Waals surface area contributed by atoms with Crippen LogP contribution < -0.4 is 5.73 Å². The minimum Gasteiger partial charge on any atom is -0.330 e. The van der Waals surface area contributed by atoms with Gasteiger partial charge in [0.05, 0.1) is 0 Å². The van der Waals surface area contributed by atoms with Gasteiger partial charge in [-0.3, -0.25) is 0 Å². The molecule has 0 aromatic carbocycles. The van der Waals surface area contributed by atoms with Crippen molar-refractivity contribution in [3.8, 4) is 0 Å². The number of hydrogen-bond donors (Lipinski definition) is 1. The van der Waals surface area contributed by atoms with Gasteiger partial charge in [-0.05, 0) is 40.0 Å². The Hall–Kier alpha value is -0.210. The van der Waals surface area contributed by atoms with E-state index >= 15 is 0 Å². The van der Waals surface area contributed by atoms with E-state index < -0.39 is 10.2 Å². The van der Waals surface area contributed by atoms with Crippen LogP contribution in [0.15, 0.2) is 0 Å². The van der Waals surface area contributed by atoms with Gasteiger partial charge in [-0.25, -0.2) is 0 Å². The number of rotatable bonds is 10. The average molecular weight is 280 g/mol. The van der Waals surface area contributed by atoms with Crippen molar-refractivity contribution in [1.82, 2.24) is 13.5 Å². The van der Waals surface area contributed by atoms with Crippen LogP contribution in [0.1, 0.15) is 19.8 Å². The molecule has 2 N–H and O–H groups in total. The first-order valence-corrected chi connectivity index (χ1v) is 7.82. The lowest BCUT2D eigenvalue weighted by Crippen LogP contribution is -2.43. The standard InChI is InChI=1S/C11H28N4O2S/c1-5-15(11-7-9-13(2)3)18(16,17)14(4)10-6-8-12/h5-12H2,1-4H3. The molecule has 0 aliphatic heterocycles. The maximum Gasteiger partial charge on any atom is 0.281 e. The van der Waals surface area contributed by atoms with Gasteiger partial charge in [-0.1, -0.05) is 6.92 Å². The molecule has 0 amide bonds. The average Bonchev–Trinajstić information content (AvgIpc) is 2.30. The second-order valence-electron chi connectivity index (χ2n) is 4.62. The summed E-state index contributed by atoms with van der Waals surface area (Å²) in [6.45, 7) is 4.80. The second-order valence-corrected chi connectivity index (χ2v) is 6.66. The van der Waals surface area contributed by atoms with Gasteiger partial charge < -0.3 is 10.6 Å². The van der Waals surface area contributed by atoms with Crippen LogP contribution in [-0.4, -0.2) is 75.8 Å². The molecule has 0 heterocycles. The molecule has 0 spiro atoms. The molecule has 0 aliphatic carbocycles. The van der Waals surface area contributed by atoms with Crippen LogP contribution in [0, 0.1) is 0 Å². The number of nitrogens with zero attached hydrogens (tertiary/aromatic N) is 3. The first kappa shape index (κ1) is 17.8. The van der Waals surface area contributed by atoms with Gasteiger partial charge in [0.25, 0.3) is 10.2 Å². The van der Waals surface area contributed by atoms with E-state index in [9.17, 15) is 8.42 Å². The highest BCUT2D eigenvalue weighted by Crippen LogP contribution is 2.07. The third-order valence-electron chi connectivity index (χ3n) is 2.76. The Morgan fingerprint density at radius 3 is 2.06 bits per heavy atom. The van der Waals surface area contributed by atoms with Crippen molar-refractivity contribution in [3.05, 3.63) is 0 Å². The topological polar surface area (TPSA) is 69.9 Å². The molecule has 0 fully saturated rings. The molecular formula is C11H28N4O2S. The lowest BCUT2D eigenvalue weighted by atomic mass is 10.4. The smallest absolute Gasteiger partial charge is 0.281 e. The third-order valence-corrected chi connectivity index (χ3v) is 4.83. The minimum absolute atomic E-state index is 0.475. The molecule has 110 valence electrons. The molecule has 0 atom stereocenters. The maximum atomic E-state index is 12.2. The molecule has 6 nitrogen and oxygen atoms in total. The van der Waals surface area contributed by atoms with Crippen LogP contribution in [0.2, 0.25) is 0 Å². The van der Waals surface area contributed by atoms with Crippen LogP contribution in [0.5, 0.6) is 0 Å². The molecule has 0 saturated carbocycles. The van der Waals surface area contributed by atoms with Crippen LogP contribution in [0.4, 0.5) is 0 Å². The van der Waals surface area contributed by atoms with E-state index in [1.54, 1.807) is 7.05 Å². The molecule has 0 bridgehead atoms. The van der Waals surface area contributed by atoms with E-state index in [1.807, 2.05) is 21.0 Å². The Morgan fingerprint density at radius 2 is 1.61 bits per heavy atom. The maximum absolute atomic E-state index is 12.2. The Bertz CT molecular complexity index is 306. The van der Waals surface area contributed by atoms with E-state index in [-0.39, 0.29) is 0 Å². The van der Waals surface area contributed by atoms with Gasteiger partial charge >= 0.3 is 0 Å². The van der Waals surface area contributed by atoms with Gasteiger partial charge in [-0.15, -0.1) is 0 Å². The van der Waals surface area contributed by atoms with Gasteiger partial charge in [-0.2, -0.15) is 17.0 Å². The molecule has 0 radical (unpaired) electrons. The predicted octanol–water partition coefficient (Wildman–Crippen LogP) is -0.215. The van der Waals surface area contributed by atoms with Crippen LogP contribution >= 0.6 is 0 Å². The number of hydrogen-bond acceptors (Lipinski definition) is 4. The summed E-state index contributed by atoms with van der Waals surface area (Å²) in [5.41, 5.74) is 5.40. The Labute approximate surface area is 112 Å².